The van der Waals surface area contributed by atoms with Crippen LogP contribution >= 0.6 is 35.0 Å². The van der Waals surface area contributed by atoms with Crippen molar-refractivity contribution in [3.05, 3.63) is 52.0 Å². The van der Waals surface area contributed by atoms with Crippen molar-refractivity contribution in [3.63, 3.8) is 0 Å². The molecule has 2 amide bonds. The highest BCUT2D eigenvalue weighted by molar-refractivity contribution is 7.99. The molecule has 4 N–H and O–H groups in total. The molecule has 3 rings (SSSR count). The lowest BCUT2D eigenvalue weighted by Gasteiger charge is -2.20. The number of aliphatic hydroxyl groups excluding tert-OH is 1. The number of hydrogen-bond acceptors (Lipinski definition) is 9. The second kappa shape index (κ2) is 13.1. The molecule has 1 unspecified atom stereocenters. The van der Waals surface area contributed by atoms with Gasteiger partial charge in [-0.1, -0.05) is 61.8 Å². The molecule has 0 saturated carbocycles. The number of aromatic nitrogens is 4. The topological polar surface area (TPSA) is 169 Å². The van der Waals surface area contributed by atoms with Crippen LogP contribution in [0.15, 0.2) is 41.6 Å². The summed E-state index contributed by atoms with van der Waals surface area (Å²) in [6.07, 6.45) is 0. The Morgan fingerprint density at radius 1 is 1.10 bits per heavy atom. The molecule has 12 nitrogen and oxygen atoms in total. The number of carboxylic acid groups (broad SMARTS) is 1. The first-order valence-corrected chi connectivity index (χ1v) is 13.2. The van der Waals surface area contributed by atoms with Crippen LogP contribution in [0.25, 0.3) is 5.69 Å². The number of thioether (sulfide) groups is 1. The van der Waals surface area contributed by atoms with E-state index in [-0.39, 0.29) is 27.8 Å². The minimum absolute atomic E-state index is 0.0254. The number of hydrogen-bond donors (Lipinski definition) is 4. The monoisotopic (exact) mass is 596 g/mol. The number of benzene rings is 2. The van der Waals surface area contributed by atoms with Crippen LogP contribution in [0.3, 0.4) is 0 Å². The van der Waals surface area contributed by atoms with Gasteiger partial charge in [0.1, 0.15) is 11.8 Å². The zero-order valence-corrected chi connectivity index (χ0v) is 23.5. The van der Waals surface area contributed by atoms with E-state index in [4.69, 9.17) is 38.2 Å². The molecular formula is C24H26Cl2N6O6S. The smallest absolute Gasteiger partial charge is 0.328 e. The number of tetrazole rings is 1. The number of carbonyl (C=O) groups excluding carboxylic acids is 2. The molecule has 0 spiro atoms. The molecule has 2 aromatic carbocycles. The van der Waals surface area contributed by atoms with Crippen LogP contribution in [0, 0.1) is 0 Å². The summed E-state index contributed by atoms with van der Waals surface area (Å²) < 4.78 is 6.76. The van der Waals surface area contributed by atoms with E-state index in [0.29, 0.717) is 21.6 Å². The summed E-state index contributed by atoms with van der Waals surface area (Å²) in [4.78, 5) is 35.3. The van der Waals surface area contributed by atoms with E-state index in [9.17, 15) is 14.4 Å². The standard InChI is InChI=1S/C24H26Cl2N6O6S/c1-24(2,3)13-4-7-19(16(26)8-13)32-23(29-30-31-32)39-12-21(35)27-17-6-5-14(9-15(17)25)38-11-20(34)28-18(10-33)22(36)37/h4-9,18,33H,10-12H2,1-3H3,(H,27,35)(H,28,34)(H,36,37). The van der Waals surface area contributed by atoms with Crippen LogP contribution in [-0.2, 0) is 19.8 Å². The van der Waals surface area contributed by atoms with Crippen molar-refractivity contribution in [2.24, 2.45) is 0 Å². The molecule has 0 aliphatic heterocycles. The summed E-state index contributed by atoms with van der Waals surface area (Å²) in [6.45, 7) is 4.99. The zero-order chi connectivity index (χ0) is 28.7. The number of halogens is 2. The molecule has 208 valence electrons. The number of amides is 2. The first kappa shape index (κ1) is 30.2. The number of anilines is 1. The van der Waals surface area contributed by atoms with Gasteiger partial charge in [-0.05, 0) is 45.7 Å². The van der Waals surface area contributed by atoms with Gasteiger partial charge in [0.05, 0.1) is 33.8 Å². The Labute approximate surface area is 238 Å². The number of carbonyl (C=O) groups is 3. The largest absolute Gasteiger partial charge is 0.484 e. The van der Waals surface area contributed by atoms with Crippen LogP contribution < -0.4 is 15.4 Å². The molecule has 1 atom stereocenters. The fourth-order valence-electron chi connectivity index (χ4n) is 3.14. The Kier molecular flexibility index (Phi) is 10.1. The maximum absolute atomic E-state index is 12.6. The third kappa shape index (κ3) is 8.30. The maximum atomic E-state index is 12.6. The molecule has 39 heavy (non-hydrogen) atoms. The van der Waals surface area contributed by atoms with Crippen LogP contribution in [0.4, 0.5) is 5.69 Å². The minimum atomic E-state index is -1.43. The first-order chi connectivity index (χ1) is 18.4. The van der Waals surface area contributed by atoms with E-state index in [1.807, 2.05) is 18.2 Å². The van der Waals surface area contributed by atoms with Gasteiger partial charge >= 0.3 is 5.97 Å². The van der Waals surface area contributed by atoms with Crippen molar-refractivity contribution in [3.8, 4) is 11.4 Å². The average Bonchev–Trinajstić information content (AvgIpc) is 3.33. The van der Waals surface area contributed by atoms with Crippen LogP contribution in [0.1, 0.15) is 26.3 Å². The number of aliphatic hydroxyl groups is 1. The van der Waals surface area contributed by atoms with Gasteiger partial charge in [0.2, 0.25) is 11.1 Å². The van der Waals surface area contributed by atoms with Gasteiger partial charge in [0.15, 0.2) is 6.61 Å². The van der Waals surface area contributed by atoms with Crippen molar-refractivity contribution in [2.45, 2.75) is 37.4 Å². The summed E-state index contributed by atoms with van der Waals surface area (Å²) in [5.41, 5.74) is 1.87. The SMILES string of the molecule is CC(C)(C)c1ccc(-n2nnnc2SCC(=O)Nc2ccc(OCC(=O)NC(CO)C(=O)O)cc2Cl)c(Cl)c1. The Bertz CT molecular complexity index is 1360. The van der Waals surface area contributed by atoms with Crippen LogP contribution in [-0.4, -0.2) is 73.2 Å². The molecule has 0 saturated heterocycles. The fourth-order valence-corrected chi connectivity index (χ4v) is 4.30. The van der Waals surface area contributed by atoms with Gasteiger partial charge < -0.3 is 25.6 Å². The second-order valence-electron chi connectivity index (χ2n) is 9.20. The van der Waals surface area contributed by atoms with Crippen LogP contribution in [0.2, 0.25) is 10.0 Å². The first-order valence-electron chi connectivity index (χ1n) is 11.5. The van der Waals surface area contributed by atoms with E-state index in [1.165, 1.54) is 22.9 Å². The fraction of sp³-hybridized carbons (Fsp3) is 0.333. The van der Waals surface area contributed by atoms with Crippen molar-refractivity contribution in [1.82, 2.24) is 25.5 Å². The van der Waals surface area contributed by atoms with Gasteiger partial charge in [0.25, 0.3) is 5.91 Å². The lowest BCUT2D eigenvalue weighted by atomic mass is 9.87. The number of carboxylic acids is 1. The number of nitrogens with one attached hydrogen (secondary N) is 2. The molecule has 0 bridgehead atoms. The second-order valence-corrected chi connectivity index (χ2v) is 11.0. The molecule has 3 aromatic rings. The van der Waals surface area contributed by atoms with Gasteiger partial charge in [-0.2, -0.15) is 4.68 Å². The summed E-state index contributed by atoms with van der Waals surface area (Å²) in [5, 5.41) is 35.3. The minimum Gasteiger partial charge on any atom is -0.484 e. The molecular weight excluding hydrogens is 571 g/mol. The zero-order valence-electron chi connectivity index (χ0n) is 21.1. The quantitative estimate of drug-likeness (QED) is 0.241. The molecule has 0 radical (unpaired) electrons. The number of ether oxygens (including phenoxy) is 1. The highest BCUT2D eigenvalue weighted by Crippen LogP contribution is 2.31. The van der Waals surface area contributed by atoms with E-state index in [0.717, 1.165) is 17.3 Å². The van der Waals surface area contributed by atoms with E-state index >= 15 is 0 Å². The Balaban J connectivity index is 1.56. The number of rotatable bonds is 11. The molecule has 15 heteroatoms. The van der Waals surface area contributed by atoms with Crippen LogP contribution in [0.5, 0.6) is 5.75 Å². The number of nitrogens with zero attached hydrogens (tertiary/aromatic N) is 4. The van der Waals surface area contributed by atoms with Crippen molar-refractivity contribution in [2.75, 3.05) is 24.3 Å². The summed E-state index contributed by atoms with van der Waals surface area (Å²) in [5.74, 6) is -2.30. The normalized spacial score (nSPS) is 12.1. The van der Waals surface area contributed by atoms with Gasteiger partial charge in [0, 0.05) is 6.07 Å². The van der Waals surface area contributed by atoms with Crippen molar-refractivity contribution >= 4 is 58.4 Å². The summed E-state index contributed by atoms with van der Waals surface area (Å²) >= 11 is 13.8. The summed E-state index contributed by atoms with van der Waals surface area (Å²) in [7, 11) is 0. The van der Waals surface area contributed by atoms with Gasteiger partial charge in [-0.3, -0.25) is 9.59 Å². The average molecular weight is 597 g/mol. The number of aliphatic carboxylic acids is 1. The van der Waals surface area contributed by atoms with E-state index in [1.54, 1.807) is 0 Å². The molecule has 1 aromatic heterocycles. The van der Waals surface area contributed by atoms with Gasteiger partial charge in [-0.15, -0.1) is 5.10 Å². The van der Waals surface area contributed by atoms with Crippen molar-refractivity contribution in [1.29, 1.82) is 0 Å². The predicted molar refractivity (Wildman–Crippen MR) is 146 cm³/mol. The van der Waals surface area contributed by atoms with E-state index in [2.05, 4.69) is 46.9 Å². The predicted octanol–water partition coefficient (Wildman–Crippen LogP) is 2.94. The third-order valence-electron chi connectivity index (χ3n) is 5.22. The Morgan fingerprint density at radius 3 is 2.46 bits per heavy atom. The molecule has 1 heterocycles. The Morgan fingerprint density at radius 2 is 1.85 bits per heavy atom. The Hall–Kier alpha value is -3.39. The maximum Gasteiger partial charge on any atom is 0.328 e. The lowest BCUT2D eigenvalue weighted by molar-refractivity contribution is -0.143. The highest BCUT2D eigenvalue weighted by Gasteiger charge is 2.20. The molecule has 0 aliphatic rings. The van der Waals surface area contributed by atoms with E-state index < -0.39 is 31.1 Å². The summed E-state index contributed by atoms with van der Waals surface area (Å²) in [6, 6.07) is 8.57. The molecule has 0 fully saturated rings. The molecule has 0 aliphatic carbocycles. The van der Waals surface area contributed by atoms with Gasteiger partial charge in [-0.25, -0.2) is 4.79 Å². The third-order valence-corrected chi connectivity index (χ3v) is 6.75. The lowest BCUT2D eigenvalue weighted by Crippen LogP contribution is -2.45. The highest BCUT2D eigenvalue weighted by atomic mass is 35.5. The van der Waals surface area contributed by atoms with Crippen molar-refractivity contribution < 1.29 is 29.3 Å².